The van der Waals surface area contributed by atoms with E-state index in [0.717, 1.165) is 10.5 Å². The lowest BCUT2D eigenvalue weighted by molar-refractivity contribution is -0.896. The Balaban J connectivity index is 1.50. The number of nitrogens with one attached hydrogen (secondary N) is 1. The van der Waals surface area contributed by atoms with E-state index in [1.165, 1.54) is 21.2 Å². The number of piperazine rings is 1. The van der Waals surface area contributed by atoms with E-state index in [1.807, 2.05) is 38.2 Å². The fraction of sp³-hybridized carbons (Fsp3) is 0.421. The summed E-state index contributed by atoms with van der Waals surface area (Å²) in [6, 6.07) is 11.6. The molecule has 1 N–H and O–H groups in total. The smallest absolute Gasteiger partial charge is 0.277 e. The van der Waals surface area contributed by atoms with E-state index < -0.39 is 10.0 Å². The molecule has 1 aromatic carbocycles. The zero-order valence-electron chi connectivity index (χ0n) is 15.7. The maximum Gasteiger partial charge on any atom is 0.277 e. The van der Waals surface area contributed by atoms with Gasteiger partial charge in [0.2, 0.25) is 0 Å². The van der Waals surface area contributed by atoms with E-state index >= 15 is 0 Å². The van der Waals surface area contributed by atoms with E-state index in [2.05, 4.69) is 0 Å². The summed E-state index contributed by atoms with van der Waals surface area (Å²) in [5, 5.41) is 1.77. The van der Waals surface area contributed by atoms with Gasteiger partial charge in [0.15, 0.2) is 6.54 Å². The molecule has 0 unspecified atom stereocenters. The van der Waals surface area contributed by atoms with Crippen LogP contribution in [0.2, 0.25) is 0 Å². The molecule has 8 heteroatoms. The molecule has 1 fully saturated rings. The van der Waals surface area contributed by atoms with Crippen LogP contribution >= 0.6 is 11.3 Å². The molecule has 1 aliphatic rings. The van der Waals surface area contributed by atoms with Gasteiger partial charge in [-0.15, -0.1) is 11.3 Å². The third-order valence-corrected chi connectivity index (χ3v) is 8.16. The summed E-state index contributed by atoms with van der Waals surface area (Å²) in [5.41, 5.74) is 2.31. The number of rotatable bonds is 6. The van der Waals surface area contributed by atoms with Gasteiger partial charge < -0.3 is 9.80 Å². The van der Waals surface area contributed by atoms with Crippen molar-refractivity contribution in [3.63, 3.8) is 0 Å². The van der Waals surface area contributed by atoms with Gasteiger partial charge in [-0.25, -0.2) is 8.42 Å². The van der Waals surface area contributed by atoms with Crippen LogP contribution in [-0.4, -0.2) is 63.3 Å². The monoisotopic (exact) mass is 408 g/mol. The number of benzene rings is 1. The van der Waals surface area contributed by atoms with Crippen LogP contribution in [0.3, 0.4) is 0 Å². The molecule has 0 spiro atoms. The maximum atomic E-state index is 12.6. The number of nitrogens with zero attached hydrogens (tertiary/aromatic N) is 2. The minimum Gasteiger partial charge on any atom is -0.337 e. The molecule has 1 aliphatic heterocycles. The van der Waals surface area contributed by atoms with Gasteiger partial charge in [0, 0.05) is 13.6 Å². The summed E-state index contributed by atoms with van der Waals surface area (Å²) in [6.45, 7) is 5.22. The van der Waals surface area contributed by atoms with Crippen LogP contribution in [0.15, 0.2) is 46.0 Å². The number of carbonyl (C=O) groups is 1. The van der Waals surface area contributed by atoms with Gasteiger partial charge in [-0.3, -0.25) is 4.79 Å². The molecule has 0 saturated carbocycles. The van der Waals surface area contributed by atoms with Crippen molar-refractivity contribution in [1.29, 1.82) is 0 Å². The van der Waals surface area contributed by atoms with Crippen LogP contribution in [0.1, 0.15) is 11.1 Å². The predicted octanol–water partition coefficient (Wildman–Crippen LogP) is 0.604. The first-order valence-corrected chi connectivity index (χ1v) is 11.3. The minimum atomic E-state index is -3.39. The number of likely N-dealkylation sites (N-methyl/N-ethyl adjacent to an activating group) is 1. The predicted molar refractivity (Wildman–Crippen MR) is 106 cm³/mol. The van der Waals surface area contributed by atoms with Crippen LogP contribution < -0.4 is 4.90 Å². The molecule has 27 heavy (non-hydrogen) atoms. The highest BCUT2D eigenvalue weighted by molar-refractivity contribution is 7.91. The number of carbonyl (C=O) groups excluding carboxylic acids is 1. The Morgan fingerprint density at radius 2 is 1.85 bits per heavy atom. The average Bonchev–Trinajstić information content (AvgIpc) is 3.19. The molecule has 2 heterocycles. The lowest BCUT2D eigenvalue weighted by atomic mass is 10.1. The van der Waals surface area contributed by atoms with E-state index in [9.17, 15) is 13.2 Å². The molecule has 0 bridgehead atoms. The third kappa shape index (κ3) is 4.95. The summed E-state index contributed by atoms with van der Waals surface area (Å²) in [4.78, 5) is 15.4. The van der Waals surface area contributed by atoms with Gasteiger partial charge in [-0.05, 0) is 23.9 Å². The highest BCUT2D eigenvalue weighted by Crippen LogP contribution is 2.20. The molecule has 1 saturated heterocycles. The van der Waals surface area contributed by atoms with E-state index in [-0.39, 0.29) is 5.91 Å². The Morgan fingerprint density at radius 1 is 1.19 bits per heavy atom. The van der Waals surface area contributed by atoms with Gasteiger partial charge >= 0.3 is 0 Å². The number of amides is 1. The highest BCUT2D eigenvalue weighted by atomic mass is 32.2. The second kappa shape index (κ2) is 8.52. The maximum absolute atomic E-state index is 12.6. The van der Waals surface area contributed by atoms with Gasteiger partial charge in [0.1, 0.15) is 4.21 Å². The Kier molecular flexibility index (Phi) is 6.31. The highest BCUT2D eigenvalue weighted by Gasteiger charge is 2.32. The van der Waals surface area contributed by atoms with Crippen molar-refractivity contribution in [3.8, 4) is 0 Å². The lowest BCUT2D eigenvalue weighted by Crippen LogP contribution is -3.15. The summed E-state index contributed by atoms with van der Waals surface area (Å²) in [6.07, 6.45) is 0. The average molecular weight is 409 g/mol. The zero-order valence-corrected chi connectivity index (χ0v) is 17.4. The Bertz CT molecular complexity index is 856. The molecular weight excluding hydrogens is 382 g/mol. The molecule has 1 aromatic heterocycles. The fourth-order valence-electron chi connectivity index (χ4n) is 3.16. The minimum absolute atomic E-state index is 0.0835. The first-order chi connectivity index (χ1) is 12.9. The topological polar surface area (TPSA) is 62.1 Å². The number of thiophene rings is 1. The molecule has 0 aliphatic carbocycles. The van der Waals surface area contributed by atoms with Crippen LogP contribution in [0.25, 0.3) is 0 Å². The quantitative estimate of drug-likeness (QED) is 0.762. The Labute approximate surface area is 165 Å². The Hall–Kier alpha value is -1.74. The van der Waals surface area contributed by atoms with Crippen molar-refractivity contribution in [2.24, 2.45) is 0 Å². The first-order valence-electron chi connectivity index (χ1n) is 9.03. The summed E-state index contributed by atoms with van der Waals surface area (Å²) >= 11 is 1.24. The van der Waals surface area contributed by atoms with Crippen molar-refractivity contribution in [2.75, 3.05) is 39.8 Å². The third-order valence-electron chi connectivity index (χ3n) is 4.89. The summed E-state index contributed by atoms with van der Waals surface area (Å²) in [5.74, 6) is 0.0835. The van der Waals surface area contributed by atoms with Crippen molar-refractivity contribution >= 4 is 27.3 Å². The summed E-state index contributed by atoms with van der Waals surface area (Å²) in [7, 11) is -1.57. The lowest BCUT2D eigenvalue weighted by Gasteiger charge is -2.31. The van der Waals surface area contributed by atoms with E-state index in [4.69, 9.17) is 0 Å². The zero-order chi connectivity index (χ0) is 19.4. The van der Waals surface area contributed by atoms with Crippen molar-refractivity contribution in [3.05, 3.63) is 52.9 Å². The normalized spacial score (nSPS) is 16.4. The van der Waals surface area contributed by atoms with Gasteiger partial charge in [-0.1, -0.05) is 35.9 Å². The van der Waals surface area contributed by atoms with E-state index in [0.29, 0.717) is 43.5 Å². The first kappa shape index (κ1) is 20.0. The van der Waals surface area contributed by atoms with Crippen molar-refractivity contribution in [2.45, 2.75) is 17.7 Å². The molecule has 3 rings (SSSR count). The van der Waals surface area contributed by atoms with Crippen LogP contribution in [0, 0.1) is 6.92 Å². The van der Waals surface area contributed by atoms with Crippen LogP contribution in [0.5, 0.6) is 0 Å². The molecular formula is C19H26N3O3S2+. The number of aryl methyl sites for hydroxylation is 1. The van der Waals surface area contributed by atoms with Crippen LogP contribution in [0.4, 0.5) is 0 Å². The Morgan fingerprint density at radius 3 is 2.44 bits per heavy atom. The molecule has 0 atom stereocenters. The molecule has 6 nitrogen and oxygen atoms in total. The number of sulfonamides is 1. The SMILES string of the molecule is Cc1ccc(CN(C)C(=O)C[NH+]2CCN(S(=O)(=O)c3cccs3)CC2)cc1. The van der Waals surface area contributed by atoms with Crippen molar-refractivity contribution < 1.29 is 18.1 Å². The number of quaternary nitrogens is 1. The number of hydrogen-bond donors (Lipinski definition) is 1. The number of hydrogen-bond acceptors (Lipinski definition) is 4. The largest absolute Gasteiger partial charge is 0.337 e. The second-order valence-electron chi connectivity index (χ2n) is 7.00. The van der Waals surface area contributed by atoms with E-state index in [1.54, 1.807) is 22.4 Å². The standard InChI is InChI=1S/C19H25N3O3S2/c1-16-5-7-17(8-6-16)14-20(2)18(23)15-21-9-11-22(12-10-21)27(24,25)19-4-3-13-26-19/h3-8,13H,9-12,14-15H2,1-2H3/p+1. The molecule has 0 radical (unpaired) electrons. The summed E-state index contributed by atoms with van der Waals surface area (Å²) < 4.78 is 27.0. The van der Waals surface area contributed by atoms with Crippen molar-refractivity contribution in [1.82, 2.24) is 9.21 Å². The van der Waals surface area contributed by atoms with Gasteiger partial charge in [-0.2, -0.15) is 4.31 Å². The van der Waals surface area contributed by atoms with Gasteiger partial charge in [0.05, 0.1) is 26.2 Å². The second-order valence-corrected chi connectivity index (χ2v) is 10.1. The van der Waals surface area contributed by atoms with Crippen LogP contribution in [-0.2, 0) is 21.4 Å². The molecule has 1 amide bonds. The van der Waals surface area contributed by atoms with Gasteiger partial charge in [0.25, 0.3) is 15.9 Å². The molecule has 146 valence electrons. The molecule has 2 aromatic rings. The fourth-order valence-corrected chi connectivity index (χ4v) is 5.75.